The summed E-state index contributed by atoms with van der Waals surface area (Å²) in [6.07, 6.45) is 1.87. The molecule has 0 aliphatic heterocycles. The molecule has 0 unspecified atom stereocenters. The number of sulfonamides is 1. The average Bonchev–Trinajstić information content (AvgIpc) is 2.54. The Bertz CT molecular complexity index is 868. The van der Waals surface area contributed by atoms with Crippen LogP contribution in [0.5, 0.6) is 0 Å². The van der Waals surface area contributed by atoms with Crippen LogP contribution in [0.3, 0.4) is 0 Å². The van der Waals surface area contributed by atoms with E-state index in [2.05, 4.69) is 9.97 Å². The number of carbonyl (C=O) groups excluding carboxylic acids is 1. The number of amides is 1. The first kappa shape index (κ1) is 18.8. The van der Waals surface area contributed by atoms with Crippen molar-refractivity contribution in [1.29, 1.82) is 0 Å². The van der Waals surface area contributed by atoms with E-state index in [-0.39, 0.29) is 16.8 Å². The topological polar surface area (TPSA) is 141 Å². The summed E-state index contributed by atoms with van der Waals surface area (Å²) in [4.78, 5) is 19.8. The average molecular weight is 363 g/mol. The number of rotatable bonds is 6. The predicted molar refractivity (Wildman–Crippen MR) is 94.6 cm³/mol. The number of benzene rings is 1. The van der Waals surface area contributed by atoms with Gasteiger partial charge in [0.2, 0.25) is 5.95 Å². The van der Waals surface area contributed by atoms with Crippen LogP contribution in [-0.2, 0) is 14.8 Å². The fourth-order valence-corrected chi connectivity index (χ4v) is 3.31. The summed E-state index contributed by atoms with van der Waals surface area (Å²) in [6.45, 7) is 3.80. The number of nitrogens with two attached hydrogens (primary N) is 2. The monoisotopic (exact) mass is 363 g/mol. The van der Waals surface area contributed by atoms with Crippen molar-refractivity contribution in [3.63, 3.8) is 0 Å². The van der Waals surface area contributed by atoms with Gasteiger partial charge in [-0.2, -0.15) is 0 Å². The normalized spacial score (nSPS) is 12.8. The number of nitrogen functional groups attached to an aromatic ring is 1. The quantitative estimate of drug-likeness (QED) is 0.692. The van der Waals surface area contributed by atoms with Crippen LogP contribution in [-0.4, -0.2) is 30.3 Å². The first-order valence-electron chi connectivity index (χ1n) is 7.70. The zero-order chi connectivity index (χ0) is 18.6. The van der Waals surface area contributed by atoms with E-state index in [0.717, 1.165) is 0 Å². The minimum absolute atomic E-state index is 0.0627. The number of nitrogens with zero attached hydrogens (tertiary/aromatic N) is 2. The molecule has 1 heterocycles. The van der Waals surface area contributed by atoms with Gasteiger partial charge in [-0.15, -0.1) is 0 Å². The molecule has 2 rings (SSSR count). The van der Waals surface area contributed by atoms with Crippen LogP contribution in [0.2, 0.25) is 0 Å². The SMILES string of the molecule is CC(C)C[C@H](N)C(=O)NS(=O)(=O)c1cccc(-c2ccnc(N)n2)c1. The Labute approximate surface area is 146 Å². The molecule has 0 saturated heterocycles. The summed E-state index contributed by atoms with van der Waals surface area (Å²) in [6, 6.07) is 6.76. The Morgan fingerprint density at radius 1 is 1.28 bits per heavy atom. The highest BCUT2D eigenvalue weighted by atomic mass is 32.2. The molecular weight excluding hydrogens is 342 g/mol. The highest BCUT2D eigenvalue weighted by molar-refractivity contribution is 7.90. The molecule has 0 aliphatic carbocycles. The van der Waals surface area contributed by atoms with E-state index in [0.29, 0.717) is 17.7 Å². The van der Waals surface area contributed by atoms with Crippen molar-refractivity contribution >= 4 is 21.9 Å². The van der Waals surface area contributed by atoms with E-state index >= 15 is 0 Å². The van der Waals surface area contributed by atoms with Crippen LogP contribution in [0.25, 0.3) is 11.3 Å². The molecule has 0 fully saturated rings. The molecule has 0 aliphatic rings. The molecule has 2 aromatic rings. The van der Waals surface area contributed by atoms with Crippen LogP contribution in [0.1, 0.15) is 20.3 Å². The maximum atomic E-state index is 12.4. The highest BCUT2D eigenvalue weighted by Gasteiger charge is 2.23. The second-order valence-corrected chi connectivity index (χ2v) is 7.72. The molecule has 1 aromatic heterocycles. The third-order valence-electron chi connectivity index (χ3n) is 3.41. The summed E-state index contributed by atoms with van der Waals surface area (Å²) in [5, 5.41) is 0. The molecule has 1 atom stereocenters. The van der Waals surface area contributed by atoms with Crippen molar-refractivity contribution in [3.8, 4) is 11.3 Å². The number of aromatic nitrogens is 2. The maximum Gasteiger partial charge on any atom is 0.264 e. The molecule has 8 nitrogen and oxygen atoms in total. The van der Waals surface area contributed by atoms with E-state index < -0.39 is 22.0 Å². The molecule has 9 heteroatoms. The van der Waals surface area contributed by atoms with Gasteiger partial charge in [0.25, 0.3) is 15.9 Å². The second kappa shape index (κ2) is 7.58. The number of nitrogens with one attached hydrogen (secondary N) is 1. The molecule has 0 saturated carbocycles. The molecule has 0 radical (unpaired) electrons. The van der Waals surface area contributed by atoms with Gasteiger partial charge in [-0.05, 0) is 30.5 Å². The fourth-order valence-electron chi connectivity index (χ4n) is 2.24. The Morgan fingerprint density at radius 2 is 2.00 bits per heavy atom. The van der Waals surface area contributed by atoms with Crippen molar-refractivity contribution in [1.82, 2.24) is 14.7 Å². The zero-order valence-electron chi connectivity index (χ0n) is 14.0. The Morgan fingerprint density at radius 3 is 2.64 bits per heavy atom. The molecule has 134 valence electrons. The number of hydrogen-bond donors (Lipinski definition) is 3. The van der Waals surface area contributed by atoms with Crippen molar-refractivity contribution < 1.29 is 13.2 Å². The highest BCUT2D eigenvalue weighted by Crippen LogP contribution is 2.21. The molecule has 0 bridgehead atoms. The van der Waals surface area contributed by atoms with Crippen LogP contribution < -0.4 is 16.2 Å². The first-order chi connectivity index (χ1) is 11.7. The van der Waals surface area contributed by atoms with Gasteiger partial charge in [-0.25, -0.2) is 23.1 Å². The first-order valence-corrected chi connectivity index (χ1v) is 9.18. The summed E-state index contributed by atoms with van der Waals surface area (Å²) < 4.78 is 26.9. The minimum atomic E-state index is -4.04. The van der Waals surface area contributed by atoms with Gasteiger partial charge < -0.3 is 11.5 Å². The van der Waals surface area contributed by atoms with Crippen molar-refractivity contribution in [3.05, 3.63) is 36.5 Å². The Balaban J connectivity index is 2.25. The molecule has 0 spiro atoms. The van der Waals surface area contributed by atoms with Crippen LogP contribution in [0, 0.1) is 5.92 Å². The van der Waals surface area contributed by atoms with E-state index in [9.17, 15) is 13.2 Å². The third kappa shape index (κ3) is 4.97. The van der Waals surface area contributed by atoms with Crippen LogP contribution >= 0.6 is 0 Å². The lowest BCUT2D eigenvalue weighted by atomic mass is 10.0. The van der Waals surface area contributed by atoms with Gasteiger partial charge in [0, 0.05) is 11.8 Å². The van der Waals surface area contributed by atoms with Crippen LogP contribution in [0.15, 0.2) is 41.4 Å². The van der Waals surface area contributed by atoms with E-state index in [4.69, 9.17) is 11.5 Å². The van der Waals surface area contributed by atoms with E-state index in [1.807, 2.05) is 18.6 Å². The smallest absolute Gasteiger partial charge is 0.264 e. The van der Waals surface area contributed by atoms with Crippen molar-refractivity contribution in [2.45, 2.75) is 31.2 Å². The summed E-state index contributed by atoms with van der Waals surface area (Å²) in [5.74, 6) is -0.473. The van der Waals surface area contributed by atoms with Gasteiger partial charge in [-0.1, -0.05) is 26.0 Å². The third-order valence-corrected chi connectivity index (χ3v) is 4.76. The van der Waals surface area contributed by atoms with E-state index in [1.54, 1.807) is 18.2 Å². The van der Waals surface area contributed by atoms with Gasteiger partial charge in [0.05, 0.1) is 16.6 Å². The number of carbonyl (C=O) groups is 1. The maximum absolute atomic E-state index is 12.4. The van der Waals surface area contributed by atoms with Gasteiger partial charge in [0.15, 0.2) is 0 Å². The predicted octanol–water partition coefficient (Wildman–Crippen LogP) is 0.904. The Kier molecular flexibility index (Phi) is 5.70. The zero-order valence-corrected chi connectivity index (χ0v) is 14.8. The van der Waals surface area contributed by atoms with Gasteiger partial charge in [-0.3, -0.25) is 4.79 Å². The largest absolute Gasteiger partial charge is 0.368 e. The lowest BCUT2D eigenvalue weighted by molar-refractivity contribution is -0.120. The summed E-state index contributed by atoms with van der Waals surface area (Å²) >= 11 is 0. The Hall–Kier alpha value is -2.52. The fraction of sp³-hybridized carbons (Fsp3) is 0.312. The second-order valence-electron chi connectivity index (χ2n) is 6.03. The van der Waals surface area contributed by atoms with Gasteiger partial charge >= 0.3 is 0 Å². The van der Waals surface area contributed by atoms with Gasteiger partial charge in [0.1, 0.15) is 0 Å². The lowest BCUT2D eigenvalue weighted by Gasteiger charge is -2.14. The molecule has 1 aromatic carbocycles. The lowest BCUT2D eigenvalue weighted by Crippen LogP contribution is -2.43. The number of anilines is 1. The molecule has 5 N–H and O–H groups in total. The molecule has 25 heavy (non-hydrogen) atoms. The molecular formula is C16H21N5O3S. The van der Waals surface area contributed by atoms with E-state index in [1.165, 1.54) is 18.3 Å². The minimum Gasteiger partial charge on any atom is -0.368 e. The molecule has 1 amide bonds. The number of hydrogen-bond acceptors (Lipinski definition) is 7. The summed E-state index contributed by atoms with van der Waals surface area (Å²) in [7, 11) is -4.04. The van der Waals surface area contributed by atoms with Crippen molar-refractivity contribution in [2.75, 3.05) is 5.73 Å². The standard InChI is InChI=1S/C16H21N5O3S/c1-10(2)8-13(17)15(22)21-25(23,24)12-5-3-4-11(9-12)14-6-7-19-16(18)20-14/h3-7,9-10,13H,8,17H2,1-2H3,(H,21,22)(H2,18,19,20)/t13-/m0/s1. The summed E-state index contributed by atoms with van der Waals surface area (Å²) in [5.41, 5.74) is 12.3. The van der Waals surface area contributed by atoms with Crippen LogP contribution in [0.4, 0.5) is 5.95 Å². The van der Waals surface area contributed by atoms with Crippen molar-refractivity contribution in [2.24, 2.45) is 11.7 Å².